The molecule has 0 aliphatic heterocycles. The number of phenolic OH excluding ortho intramolecular Hbond substituents is 2. The number of phenols is 2. The van der Waals surface area contributed by atoms with Gasteiger partial charge >= 0.3 is 0 Å². The summed E-state index contributed by atoms with van der Waals surface area (Å²) in [7, 11) is 0. The van der Waals surface area contributed by atoms with E-state index >= 15 is 0 Å². The molecule has 0 heterocycles. The minimum Gasteiger partial charge on any atom is -0.506 e. The number of aromatic hydroxyl groups is 2. The van der Waals surface area contributed by atoms with Crippen LogP contribution in [-0.2, 0) is 0 Å². The molecule has 0 aromatic heterocycles. The van der Waals surface area contributed by atoms with Gasteiger partial charge in [0.2, 0.25) is 0 Å². The molecule has 0 atom stereocenters. The third-order valence-electron chi connectivity index (χ3n) is 4.20. The molecule has 2 nitrogen and oxygen atoms in total. The third-order valence-corrected chi connectivity index (χ3v) is 4.78. The highest BCUT2D eigenvalue weighted by Gasteiger charge is 2.20. The molecular formula is C20H12Cl2O2. The molecule has 4 aromatic rings. The SMILES string of the molecule is Oc1c(Cl)cc2ccccc2c1-c1c(O)c(Cl)cc2ccccc12. The van der Waals surface area contributed by atoms with Crippen LogP contribution >= 0.6 is 23.2 Å². The van der Waals surface area contributed by atoms with Gasteiger partial charge in [0, 0.05) is 11.1 Å². The molecule has 0 saturated carbocycles. The molecule has 0 fully saturated rings. The van der Waals surface area contributed by atoms with Crippen LogP contribution in [0.2, 0.25) is 10.0 Å². The number of fused-ring (bicyclic) bond motifs is 2. The van der Waals surface area contributed by atoms with Crippen LogP contribution in [0, 0.1) is 0 Å². The standard InChI is InChI=1S/C20H12Cl2O2/c21-15-9-11-5-1-3-7-13(11)17(19(15)23)18-14-8-4-2-6-12(14)10-16(22)20(18)24/h1-10,23-24H. The van der Waals surface area contributed by atoms with Crippen molar-refractivity contribution in [2.45, 2.75) is 0 Å². The summed E-state index contributed by atoms with van der Waals surface area (Å²) in [6.07, 6.45) is 0. The highest BCUT2D eigenvalue weighted by atomic mass is 35.5. The monoisotopic (exact) mass is 354 g/mol. The molecule has 0 bridgehead atoms. The molecule has 0 radical (unpaired) electrons. The van der Waals surface area contributed by atoms with E-state index in [9.17, 15) is 10.2 Å². The first kappa shape index (κ1) is 15.1. The van der Waals surface area contributed by atoms with Gasteiger partial charge in [-0.1, -0.05) is 71.7 Å². The molecule has 4 heteroatoms. The van der Waals surface area contributed by atoms with Crippen molar-refractivity contribution in [3.05, 3.63) is 70.7 Å². The van der Waals surface area contributed by atoms with Crippen molar-refractivity contribution in [2.75, 3.05) is 0 Å². The molecule has 118 valence electrons. The van der Waals surface area contributed by atoms with E-state index in [1.807, 2.05) is 48.5 Å². The van der Waals surface area contributed by atoms with E-state index in [2.05, 4.69) is 0 Å². The average Bonchev–Trinajstić information content (AvgIpc) is 2.58. The summed E-state index contributed by atoms with van der Waals surface area (Å²) in [4.78, 5) is 0. The normalized spacial score (nSPS) is 11.2. The van der Waals surface area contributed by atoms with Gasteiger partial charge in [0.05, 0.1) is 10.0 Å². The summed E-state index contributed by atoms with van der Waals surface area (Å²) in [5.74, 6) is -0.142. The highest BCUT2D eigenvalue weighted by molar-refractivity contribution is 6.35. The van der Waals surface area contributed by atoms with Crippen molar-refractivity contribution in [1.82, 2.24) is 0 Å². The van der Waals surface area contributed by atoms with E-state index in [0.717, 1.165) is 21.5 Å². The van der Waals surface area contributed by atoms with Gasteiger partial charge in [-0.2, -0.15) is 0 Å². The Balaban J connectivity index is 2.26. The van der Waals surface area contributed by atoms with Crippen LogP contribution in [0.4, 0.5) is 0 Å². The molecule has 0 spiro atoms. The van der Waals surface area contributed by atoms with Crippen molar-refractivity contribution in [3.8, 4) is 22.6 Å². The third kappa shape index (κ3) is 2.19. The second-order valence-corrected chi connectivity index (χ2v) is 6.42. The van der Waals surface area contributed by atoms with Crippen LogP contribution in [0.5, 0.6) is 11.5 Å². The number of hydrogen-bond acceptors (Lipinski definition) is 2. The maximum Gasteiger partial charge on any atom is 0.142 e. The molecule has 2 N–H and O–H groups in total. The minimum atomic E-state index is -0.0712. The van der Waals surface area contributed by atoms with E-state index in [-0.39, 0.29) is 21.5 Å². The van der Waals surface area contributed by atoms with Gasteiger partial charge < -0.3 is 10.2 Å². The van der Waals surface area contributed by atoms with Gasteiger partial charge in [0.25, 0.3) is 0 Å². The lowest BCUT2D eigenvalue weighted by atomic mass is 9.92. The Kier molecular flexibility index (Phi) is 3.52. The molecule has 0 aliphatic carbocycles. The van der Waals surface area contributed by atoms with E-state index < -0.39 is 0 Å². The fourth-order valence-electron chi connectivity index (χ4n) is 3.11. The van der Waals surface area contributed by atoms with Crippen molar-refractivity contribution < 1.29 is 10.2 Å². The van der Waals surface area contributed by atoms with Crippen molar-refractivity contribution in [1.29, 1.82) is 0 Å². The lowest BCUT2D eigenvalue weighted by Crippen LogP contribution is -1.88. The summed E-state index contributed by atoms with van der Waals surface area (Å²) < 4.78 is 0. The fourth-order valence-corrected chi connectivity index (χ4v) is 3.54. The summed E-state index contributed by atoms with van der Waals surface area (Å²) in [5.41, 5.74) is 0.962. The second kappa shape index (κ2) is 5.59. The molecule has 24 heavy (non-hydrogen) atoms. The van der Waals surface area contributed by atoms with Gasteiger partial charge in [-0.25, -0.2) is 0 Å². The Morgan fingerprint density at radius 2 is 0.958 bits per heavy atom. The Labute approximate surface area is 148 Å². The van der Waals surface area contributed by atoms with Crippen LogP contribution in [0.3, 0.4) is 0 Å². The summed E-state index contributed by atoms with van der Waals surface area (Å²) in [6.45, 7) is 0. The van der Waals surface area contributed by atoms with Gasteiger partial charge in [0.1, 0.15) is 11.5 Å². The predicted octanol–water partition coefficient (Wildman–Crippen LogP) is 6.38. The van der Waals surface area contributed by atoms with E-state index in [4.69, 9.17) is 23.2 Å². The highest BCUT2D eigenvalue weighted by Crippen LogP contribution is 2.49. The predicted molar refractivity (Wildman–Crippen MR) is 100 cm³/mol. The zero-order valence-corrected chi connectivity index (χ0v) is 13.9. The largest absolute Gasteiger partial charge is 0.506 e. The zero-order valence-electron chi connectivity index (χ0n) is 12.4. The number of benzene rings is 4. The molecule has 0 amide bonds. The Morgan fingerprint density at radius 3 is 1.38 bits per heavy atom. The maximum atomic E-state index is 10.6. The van der Waals surface area contributed by atoms with E-state index in [0.29, 0.717) is 11.1 Å². The summed E-state index contributed by atoms with van der Waals surface area (Å²) >= 11 is 12.4. The van der Waals surface area contributed by atoms with E-state index in [1.165, 1.54) is 0 Å². The number of hydrogen-bond donors (Lipinski definition) is 2. The van der Waals surface area contributed by atoms with Gasteiger partial charge in [-0.05, 0) is 33.7 Å². The minimum absolute atomic E-state index is 0.0712. The molecule has 0 unspecified atom stereocenters. The van der Waals surface area contributed by atoms with Gasteiger partial charge in [-0.3, -0.25) is 0 Å². The Morgan fingerprint density at radius 1 is 0.583 bits per heavy atom. The first-order valence-corrected chi connectivity index (χ1v) is 8.14. The van der Waals surface area contributed by atoms with Crippen molar-refractivity contribution >= 4 is 44.7 Å². The van der Waals surface area contributed by atoms with Crippen LogP contribution in [0.15, 0.2) is 60.7 Å². The fraction of sp³-hybridized carbons (Fsp3) is 0. The smallest absolute Gasteiger partial charge is 0.142 e. The van der Waals surface area contributed by atoms with Crippen molar-refractivity contribution in [3.63, 3.8) is 0 Å². The molecular weight excluding hydrogens is 343 g/mol. The van der Waals surface area contributed by atoms with Gasteiger partial charge in [-0.15, -0.1) is 0 Å². The lowest BCUT2D eigenvalue weighted by molar-refractivity contribution is 0.470. The lowest BCUT2D eigenvalue weighted by Gasteiger charge is -2.16. The quantitative estimate of drug-likeness (QED) is 0.416. The topological polar surface area (TPSA) is 40.5 Å². The van der Waals surface area contributed by atoms with Crippen LogP contribution in [-0.4, -0.2) is 10.2 Å². The van der Waals surface area contributed by atoms with Crippen LogP contribution in [0.25, 0.3) is 32.7 Å². The van der Waals surface area contributed by atoms with E-state index in [1.54, 1.807) is 12.1 Å². The maximum absolute atomic E-state index is 10.6. The molecule has 4 rings (SSSR count). The van der Waals surface area contributed by atoms with Crippen LogP contribution in [0.1, 0.15) is 0 Å². The molecule has 4 aromatic carbocycles. The Hall–Kier alpha value is -2.42. The Bertz CT molecular complexity index is 1010. The first-order chi connectivity index (χ1) is 11.6. The van der Waals surface area contributed by atoms with Gasteiger partial charge in [0.15, 0.2) is 0 Å². The summed E-state index contributed by atoms with van der Waals surface area (Å²) in [6, 6.07) is 18.6. The number of halogens is 2. The molecule has 0 aliphatic rings. The molecule has 0 saturated heterocycles. The van der Waals surface area contributed by atoms with Crippen LogP contribution < -0.4 is 0 Å². The van der Waals surface area contributed by atoms with Crippen molar-refractivity contribution in [2.24, 2.45) is 0 Å². The zero-order chi connectivity index (χ0) is 16.8. The first-order valence-electron chi connectivity index (χ1n) is 7.38. The average molecular weight is 355 g/mol. The summed E-state index contributed by atoms with van der Waals surface area (Å²) in [5, 5.41) is 25.1. The second-order valence-electron chi connectivity index (χ2n) is 5.61. The number of rotatable bonds is 1.